The van der Waals surface area contributed by atoms with E-state index < -0.39 is 20.5 Å². The molecule has 1 amide bonds. The van der Waals surface area contributed by atoms with Gasteiger partial charge < -0.3 is 4.90 Å². The number of carbonyl (C=O) groups excluding carboxylic acids is 1. The molecule has 0 bridgehead atoms. The second-order valence-corrected chi connectivity index (χ2v) is 13.5. The fourth-order valence-electron chi connectivity index (χ4n) is 5.72. The zero-order chi connectivity index (χ0) is 24.6. The lowest BCUT2D eigenvalue weighted by Gasteiger charge is -2.31. The van der Waals surface area contributed by atoms with Crippen LogP contribution in [0.15, 0.2) is 6.20 Å². The monoisotopic (exact) mass is 508 g/mol. The molecule has 0 saturated heterocycles. The van der Waals surface area contributed by atoms with Gasteiger partial charge >= 0.3 is 0 Å². The van der Waals surface area contributed by atoms with Crippen LogP contribution in [0.4, 0.5) is 8.78 Å². The van der Waals surface area contributed by atoms with Crippen molar-refractivity contribution in [1.29, 1.82) is 0 Å². The number of aromatic nitrogens is 5. The van der Waals surface area contributed by atoms with Gasteiger partial charge in [0.1, 0.15) is 17.1 Å². The fourth-order valence-corrected chi connectivity index (χ4v) is 8.19. The first-order chi connectivity index (χ1) is 16.6. The van der Waals surface area contributed by atoms with Gasteiger partial charge in [-0.2, -0.15) is 5.10 Å². The predicted molar refractivity (Wildman–Crippen MR) is 123 cm³/mol. The lowest BCUT2D eigenvalue weighted by Crippen LogP contribution is -2.46. The van der Waals surface area contributed by atoms with E-state index in [4.69, 9.17) is 0 Å². The van der Waals surface area contributed by atoms with Crippen LogP contribution in [-0.2, 0) is 29.9 Å². The first-order valence-electron chi connectivity index (χ1n) is 12.5. The zero-order valence-corrected chi connectivity index (χ0v) is 20.6. The Labute approximate surface area is 202 Å². The Kier molecular flexibility index (Phi) is 5.15. The number of carbonyl (C=O) groups is 1. The van der Waals surface area contributed by atoms with Gasteiger partial charge in [-0.1, -0.05) is 5.21 Å². The summed E-state index contributed by atoms with van der Waals surface area (Å²) in [6.45, 7) is 1.22. The molecule has 190 valence electrons. The summed E-state index contributed by atoms with van der Waals surface area (Å²) in [5.74, 6) is -2.61. The van der Waals surface area contributed by atoms with Gasteiger partial charge in [0.25, 0.3) is 5.91 Å². The summed E-state index contributed by atoms with van der Waals surface area (Å²) in [7, 11) is -1.48. The van der Waals surface area contributed by atoms with Gasteiger partial charge in [0.15, 0.2) is 9.84 Å². The highest BCUT2D eigenvalue weighted by molar-refractivity contribution is 7.94. The average molecular weight is 509 g/mol. The molecule has 9 nitrogen and oxygen atoms in total. The summed E-state index contributed by atoms with van der Waals surface area (Å²) in [6.07, 6.45) is 5.81. The van der Waals surface area contributed by atoms with Crippen molar-refractivity contribution in [3.05, 3.63) is 17.5 Å². The normalized spacial score (nSPS) is 24.0. The number of amides is 1. The highest BCUT2D eigenvalue weighted by Crippen LogP contribution is 2.51. The van der Waals surface area contributed by atoms with Crippen LogP contribution in [0.2, 0.25) is 0 Å². The van der Waals surface area contributed by atoms with E-state index in [0.29, 0.717) is 62.3 Å². The predicted octanol–water partition coefficient (Wildman–Crippen LogP) is 2.61. The fraction of sp³-hybridized carbons (Fsp3) is 0.739. The molecular weight excluding hydrogens is 478 g/mol. The van der Waals surface area contributed by atoms with Crippen LogP contribution in [0.25, 0.3) is 11.4 Å². The minimum absolute atomic E-state index is 0.0885. The van der Waals surface area contributed by atoms with Crippen LogP contribution < -0.4 is 0 Å². The molecule has 0 spiro atoms. The van der Waals surface area contributed by atoms with Crippen molar-refractivity contribution >= 4 is 15.7 Å². The molecule has 2 aromatic heterocycles. The number of fused-ring (bicyclic) bond motifs is 1. The van der Waals surface area contributed by atoms with E-state index >= 15 is 0 Å². The van der Waals surface area contributed by atoms with Crippen LogP contribution in [0, 0.1) is 5.92 Å². The Morgan fingerprint density at radius 2 is 1.83 bits per heavy atom. The molecule has 12 heteroatoms. The Morgan fingerprint density at radius 3 is 2.49 bits per heavy atom. The molecule has 0 atom stereocenters. The number of halogens is 2. The molecule has 2 aromatic rings. The Balaban J connectivity index is 1.18. The van der Waals surface area contributed by atoms with E-state index in [2.05, 4.69) is 15.4 Å². The molecular formula is C23H30F2N6O3S. The van der Waals surface area contributed by atoms with E-state index in [1.54, 1.807) is 27.5 Å². The van der Waals surface area contributed by atoms with Gasteiger partial charge in [-0.25, -0.2) is 17.2 Å². The molecule has 35 heavy (non-hydrogen) atoms. The van der Waals surface area contributed by atoms with E-state index in [-0.39, 0.29) is 36.5 Å². The lowest BCUT2D eigenvalue weighted by atomic mass is 9.87. The molecule has 1 aliphatic heterocycles. The van der Waals surface area contributed by atoms with Gasteiger partial charge in [-0.15, -0.1) is 5.10 Å². The van der Waals surface area contributed by atoms with Crippen molar-refractivity contribution in [2.75, 3.05) is 13.1 Å². The second kappa shape index (κ2) is 7.81. The zero-order valence-electron chi connectivity index (χ0n) is 19.8. The number of aryl methyl sites for hydroxylation is 1. The average Bonchev–Trinajstić information content (AvgIpc) is 3.72. The van der Waals surface area contributed by atoms with E-state index in [9.17, 15) is 22.0 Å². The van der Waals surface area contributed by atoms with Gasteiger partial charge in [0.2, 0.25) is 5.92 Å². The standard InChI is InChI=1S/C23H30F2N6O3S/c1-29-20-17(6-11-30(21(20)32)14-22(9-10-22)35(33,34)16-2-3-16)19(27-29)18-13-31(28-26-18)12-15-4-7-23(24,25)8-5-15/h13,15-16H,2-12,14H2,1H3. The Hall–Kier alpha value is -2.37. The smallest absolute Gasteiger partial charge is 0.272 e. The van der Waals surface area contributed by atoms with Crippen LogP contribution in [0.1, 0.15) is 67.4 Å². The summed E-state index contributed by atoms with van der Waals surface area (Å²) in [5.41, 5.74) is 2.42. The molecule has 6 rings (SSSR count). The third kappa shape index (κ3) is 3.97. The van der Waals surface area contributed by atoms with Gasteiger partial charge in [0.05, 0.1) is 16.2 Å². The molecule has 3 aliphatic carbocycles. The highest BCUT2D eigenvalue weighted by Gasteiger charge is 2.60. The van der Waals surface area contributed by atoms with E-state index in [1.165, 1.54) is 0 Å². The van der Waals surface area contributed by atoms with Crippen molar-refractivity contribution < 1.29 is 22.0 Å². The molecule has 3 heterocycles. The molecule has 3 saturated carbocycles. The number of rotatable bonds is 7. The number of hydrogen-bond acceptors (Lipinski definition) is 6. The van der Waals surface area contributed by atoms with Crippen molar-refractivity contribution in [2.45, 2.75) is 80.3 Å². The van der Waals surface area contributed by atoms with Crippen molar-refractivity contribution in [3.63, 3.8) is 0 Å². The van der Waals surface area contributed by atoms with Gasteiger partial charge in [-0.3, -0.25) is 14.2 Å². The van der Waals surface area contributed by atoms with E-state index in [1.807, 2.05) is 0 Å². The minimum Gasteiger partial charge on any atom is -0.335 e. The lowest BCUT2D eigenvalue weighted by molar-refractivity contribution is -0.0476. The van der Waals surface area contributed by atoms with Crippen LogP contribution in [-0.4, -0.2) is 73.0 Å². The van der Waals surface area contributed by atoms with Crippen molar-refractivity contribution in [3.8, 4) is 11.4 Å². The van der Waals surface area contributed by atoms with Crippen molar-refractivity contribution in [2.24, 2.45) is 13.0 Å². The van der Waals surface area contributed by atoms with Gasteiger partial charge in [0, 0.05) is 45.1 Å². The maximum atomic E-state index is 13.4. The number of hydrogen-bond donors (Lipinski definition) is 0. The molecule has 3 fully saturated rings. The molecule has 0 N–H and O–H groups in total. The van der Waals surface area contributed by atoms with Crippen molar-refractivity contribution in [1.82, 2.24) is 29.7 Å². The molecule has 0 aromatic carbocycles. The molecule has 0 unspecified atom stereocenters. The summed E-state index contributed by atoms with van der Waals surface area (Å²) >= 11 is 0. The Morgan fingerprint density at radius 1 is 1.11 bits per heavy atom. The summed E-state index contributed by atoms with van der Waals surface area (Å²) in [4.78, 5) is 15.1. The number of sulfone groups is 1. The maximum Gasteiger partial charge on any atom is 0.272 e. The SMILES string of the molecule is Cn1nc(-c2cn(CC3CCC(F)(F)CC3)nn2)c2c1C(=O)N(CC1(S(=O)(=O)C3CC3)CC1)CC2. The minimum atomic E-state index is -3.20. The summed E-state index contributed by atoms with van der Waals surface area (Å²) in [5, 5.41) is 12.8. The van der Waals surface area contributed by atoms with Crippen LogP contribution in [0.3, 0.4) is 0 Å². The number of nitrogens with zero attached hydrogens (tertiary/aromatic N) is 6. The van der Waals surface area contributed by atoms with E-state index in [0.717, 1.165) is 18.4 Å². The van der Waals surface area contributed by atoms with Crippen LogP contribution in [0.5, 0.6) is 0 Å². The topological polar surface area (TPSA) is 103 Å². The van der Waals surface area contributed by atoms with Crippen LogP contribution >= 0.6 is 0 Å². The van der Waals surface area contributed by atoms with Gasteiger partial charge in [-0.05, 0) is 50.9 Å². The maximum absolute atomic E-state index is 13.4. The quantitative estimate of drug-likeness (QED) is 0.570. The third-order valence-corrected chi connectivity index (χ3v) is 11.3. The Bertz CT molecular complexity index is 1270. The summed E-state index contributed by atoms with van der Waals surface area (Å²) in [6, 6.07) is 0. The first-order valence-corrected chi connectivity index (χ1v) is 14.0. The first kappa shape index (κ1) is 23.1. The third-order valence-electron chi connectivity index (χ3n) is 8.18. The second-order valence-electron chi connectivity index (χ2n) is 10.8. The summed E-state index contributed by atoms with van der Waals surface area (Å²) < 4.78 is 55.2. The highest BCUT2D eigenvalue weighted by atomic mass is 32.2. The molecule has 0 radical (unpaired) electrons. The largest absolute Gasteiger partial charge is 0.335 e. The molecule has 4 aliphatic rings. The number of alkyl halides is 2.